The Hall–Kier alpha value is -3.61. The summed E-state index contributed by atoms with van der Waals surface area (Å²) in [6.45, 7) is 3.78. The van der Waals surface area contributed by atoms with Crippen LogP contribution in [0.1, 0.15) is 65.7 Å². The van der Waals surface area contributed by atoms with Gasteiger partial charge in [0.1, 0.15) is 28.9 Å². The van der Waals surface area contributed by atoms with Crippen molar-refractivity contribution in [3.63, 3.8) is 0 Å². The average Bonchev–Trinajstić information content (AvgIpc) is 3.28. The number of benzene rings is 1. The molecular formula is C26H22F6N6O. The topological polar surface area (TPSA) is 78.6 Å². The average molecular weight is 548 g/mol. The number of ether oxygens (including phenoxy) is 1. The number of aromatic nitrogens is 6. The maximum absolute atomic E-state index is 15.1. The summed E-state index contributed by atoms with van der Waals surface area (Å²) in [6.07, 6.45) is -1.44. The molecule has 7 nitrogen and oxygen atoms in total. The minimum Gasteiger partial charge on any atom is -0.373 e. The lowest BCUT2D eigenvalue weighted by Crippen LogP contribution is -2.20. The molecule has 1 saturated carbocycles. The molecule has 0 spiro atoms. The third-order valence-corrected chi connectivity index (χ3v) is 7.27. The molecular weight excluding hydrogens is 526 g/mol. The Balaban J connectivity index is 1.38. The first-order chi connectivity index (χ1) is 18.4. The van der Waals surface area contributed by atoms with Crippen molar-refractivity contribution < 1.29 is 31.1 Å². The molecule has 0 radical (unpaired) electrons. The lowest BCUT2D eigenvalue weighted by molar-refractivity contribution is -0.137. The fourth-order valence-electron chi connectivity index (χ4n) is 4.82. The van der Waals surface area contributed by atoms with Gasteiger partial charge in [0.05, 0.1) is 29.3 Å². The van der Waals surface area contributed by atoms with Crippen molar-refractivity contribution in [2.75, 3.05) is 6.61 Å². The highest BCUT2D eigenvalue weighted by atomic mass is 19.4. The Morgan fingerprint density at radius 3 is 2.49 bits per heavy atom. The molecule has 4 heterocycles. The third-order valence-electron chi connectivity index (χ3n) is 7.27. The molecule has 1 saturated heterocycles. The fraction of sp³-hybridized carbons (Fsp3) is 0.423. The van der Waals surface area contributed by atoms with Gasteiger partial charge in [0.2, 0.25) is 0 Å². The molecule has 2 fully saturated rings. The molecule has 13 heteroatoms. The van der Waals surface area contributed by atoms with E-state index in [1.807, 2.05) is 0 Å². The molecule has 1 aliphatic carbocycles. The van der Waals surface area contributed by atoms with Crippen molar-refractivity contribution >= 4 is 11.2 Å². The zero-order chi connectivity index (χ0) is 27.7. The van der Waals surface area contributed by atoms with Gasteiger partial charge in [-0.25, -0.2) is 33.1 Å². The van der Waals surface area contributed by atoms with Gasteiger partial charge in [-0.1, -0.05) is 0 Å². The van der Waals surface area contributed by atoms with Crippen molar-refractivity contribution in [2.24, 2.45) is 0 Å². The predicted octanol–water partition coefficient (Wildman–Crippen LogP) is 6.27. The second-order valence-electron chi connectivity index (χ2n) is 10.0. The summed E-state index contributed by atoms with van der Waals surface area (Å²) in [5.41, 5.74) is 0.950. The first kappa shape index (κ1) is 25.7. The number of hydrogen-bond acceptors (Lipinski definition) is 6. The Morgan fingerprint density at radius 1 is 1.05 bits per heavy atom. The van der Waals surface area contributed by atoms with Crippen LogP contribution in [-0.2, 0) is 10.9 Å². The first-order valence-electron chi connectivity index (χ1n) is 12.3. The number of hydrogen-bond donors (Lipinski definition) is 0. The molecule has 39 heavy (non-hydrogen) atoms. The van der Waals surface area contributed by atoms with Crippen LogP contribution >= 0.6 is 0 Å². The summed E-state index contributed by atoms with van der Waals surface area (Å²) < 4.78 is 88.6. The van der Waals surface area contributed by atoms with Crippen LogP contribution in [0.15, 0.2) is 30.6 Å². The highest BCUT2D eigenvalue weighted by Gasteiger charge is 2.59. The molecule has 3 atom stereocenters. The molecule has 0 unspecified atom stereocenters. The second kappa shape index (κ2) is 8.97. The predicted molar refractivity (Wildman–Crippen MR) is 126 cm³/mol. The summed E-state index contributed by atoms with van der Waals surface area (Å²) in [7, 11) is 0. The maximum atomic E-state index is 15.1. The van der Waals surface area contributed by atoms with Crippen molar-refractivity contribution in [3.05, 3.63) is 64.7 Å². The van der Waals surface area contributed by atoms with Gasteiger partial charge in [0.15, 0.2) is 5.65 Å². The monoisotopic (exact) mass is 548 g/mol. The standard InChI is InChI=1S/C26H22F6N6O/c1-12-13(2)35-24-22(34-12)21(17-4-3-16(8-18(17)27)26(30,31)32)36-23(37-24)14-5-6-39-19(7-14)15-10-33-38(11-15)20-9-25(20,28)29/h3-4,8,10-11,14,19-20H,5-7,9H2,1-2H3/t14-,19-,20-/m1/s1. The van der Waals surface area contributed by atoms with E-state index in [9.17, 15) is 22.0 Å². The summed E-state index contributed by atoms with van der Waals surface area (Å²) in [6, 6.07) is 1.31. The fourth-order valence-corrected chi connectivity index (χ4v) is 4.82. The van der Waals surface area contributed by atoms with Crippen LogP contribution in [0.3, 0.4) is 0 Å². The zero-order valence-electron chi connectivity index (χ0n) is 20.8. The van der Waals surface area contributed by atoms with E-state index in [1.165, 1.54) is 10.9 Å². The summed E-state index contributed by atoms with van der Waals surface area (Å²) >= 11 is 0. The van der Waals surface area contributed by atoms with Crippen LogP contribution in [0.25, 0.3) is 22.4 Å². The number of nitrogens with zero attached hydrogens (tertiary/aromatic N) is 6. The molecule has 2 aliphatic rings. The van der Waals surface area contributed by atoms with Gasteiger partial charge in [0.25, 0.3) is 5.92 Å². The van der Waals surface area contributed by atoms with E-state index in [-0.39, 0.29) is 34.8 Å². The molecule has 0 bridgehead atoms. The number of rotatable bonds is 4. The molecule has 0 amide bonds. The van der Waals surface area contributed by atoms with Crippen LogP contribution in [0.4, 0.5) is 26.3 Å². The zero-order valence-corrected chi connectivity index (χ0v) is 20.8. The van der Waals surface area contributed by atoms with Crippen molar-refractivity contribution in [1.29, 1.82) is 0 Å². The largest absolute Gasteiger partial charge is 0.416 e. The van der Waals surface area contributed by atoms with Gasteiger partial charge in [-0.15, -0.1) is 0 Å². The Labute approximate surface area is 218 Å². The highest BCUT2D eigenvalue weighted by Crippen LogP contribution is 2.52. The SMILES string of the molecule is Cc1nc2nc([C@@H]3CCO[C@@H](c4cnn([C@@H]5CC5(F)F)c4)C3)nc(-c3ccc(C(F)(F)F)cc3F)c2nc1C. The van der Waals surface area contributed by atoms with Crippen LogP contribution in [0.5, 0.6) is 0 Å². The van der Waals surface area contributed by atoms with E-state index < -0.39 is 35.6 Å². The molecule has 1 aliphatic heterocycles. The number of fused-ring (bicyclic) bond motifs is 1. The van der Waals surface area contributed by atoms with Gasteiger partial charge < -0.3 is 4.74 Å². The number of aryl methyl sites for hydroxylation is 2. The normalized spacial score (nSPS) is 22.8. The number of halogens is 6. The van der Waals surface area contributed by atoms with Crippen molar-refractivity contribution in [1.82, 2.24) is 29.7 Å². The van der Waals surface area contributed by atoms with Crippen LogP contribution < -0.4 is 0 Å². The van der Waals surface area contributed by atoms with E-state index in [4.69, 9.17) is 4.74 Å². The van der Waals surface area contributed by atoms with Gasteiger partial charge in [-0.05, 0) is 44.9 Å². The maximum Gasteiger partial charge on any atom is 0.416 e. The third kappa shape index (κ3) is 4.72. The summed E-state index contributed by atoms with van der Waals surface area (Å²) in [5, 5.41) is 4.08. The first-order valence-corrected chi connectivity index (χ1v) is 12.3. The van der Waals surface area contributed by atoms with Gasteiger partial charge in [-0.2, -0.15) is 18.3 Å². The summed E-state index contributed by atoms with van der Waals surface area (Å²) in [5.74, 6) is -3.81. The van der Waals surface area contributed by atoms with Gasteiger partial charge >= 0.3 is 6.18 Å². The number of alkyl halides is 5. The smallest absolute Gasteiger partial charge is 0.373 e. The molecule has 1 aromatic carbocycles. The lowest BCUT2D eigenvalue weighted by Gasteiger charge is -2.28. The Bertz CT molecular complexity index is 1590. The quantitative estimate of drug-likeness (QED) is 0.280. The van der Waals surface area contributed by atoms with E-state index in [0.29, 0.717) is 48.3 Å². The van der Waals surface area contributed by atoms with Gasteiger partial charge in [-0.3, -0.25) is 4.68 Å². The molecule has 0 N–H and O–H groups in total. The van der Waals surface area contributed by atoms with Crippen LogP contribution in [0, 0.1) is 19.7 Å². The minimum absolute atomic E-state index is 0.0450. The molecule has 6 rings (SSSR count). The van der Waals surface area contributed by atoms with Gasteiger partial charge in [0, 0.05) is 36.3 Å². The minimum atomic E-state index is -4.70. The van der Waals surface area contributed by atoms with Crippen molar-refractivity contribution in [3.8, 4) is 11.3 Å². The van der Waals surface area contributed by atoms with Crippen LogP contribution in [-0.4, -0.2) is 42.2 Å². The highest BCUT2D eigenvalue weighted by molar-refractivity contribution is 5.87. The molecule has 3 aromatic heterocycles. The lowest BCUT2D eigenvalue weighted by atomic mass is 9.92. The van der Waals surface area contributed by atoms with E-state index in [0.717, 1.165) is 12.1 Å². The van der Waals surface area contributed by atoms with Crippen molar-refractivity contribution in [2.45, 2.75) is 63.3 Å². The Kier molecular flexibility index (Phi) is 5.90. The molecule has 204 valence electrons. The molecule has 4 aromatic rings. The second-order valence-corrected chi connectivity index (χ2v) is 10.0. The van der Waals surface area contributed by atoms with E-state index >= 15 is 4.39 Å². The Morgan fingerprint density at radius 2 is 1.79 bits per heavy atom. The van der Waals surface area contributed by atoms with Crippen LogP contribution in [0.2, 0.25) is 0 Å². The van der Waals surface area contributed by atoms with E-state index in [2.05, 4.69) is 25.0 Å². The van der Waals surface area contributed by atoms with E-state index in [1.54, 1.807) is 20.0 Å². The summed E-state index contributed by atoms with van der Waals surface area (Å²) in [4.78, 5) is 18.2.